The molecular weight excluding hydrogens is 172 g/mol. The third-order valence-corrected chi connectivity index (χ3v) is 1.77. The first-order chi connectivity index (χ1) is 5.83. The van der Waals surface area contributed by atoms with Crippen LogP contribution in [0, 0.1) is 0 Å². The molecule has 1 aromatic heterocycles. The minimum atomic E-state index is 0.698. The largest absolute Gasteiger partial charge is 0.276 e. The van der Waals surface area contributed by atoms with Gasteiger partial charge in [0.15, 0.2) is 0 Å². The summed E-state index contributed by atoms with van der Waals surface area (Å²) in [5.41, 5.74) is 1.24. The van der Waals surface area contributed by atoms with Crippen LogP contribution < -0.4 is 0 Å². The molecule has 12 heavy (non-hydrogen) atoms. The van der Waals surface area contributed by atoms with E-state index in [2.05, 4.69) is 17.3 Å². The lowest BCUT2D eigenvalue weighted by Gasteiger charge is -1.86. The number of alkyl halides is 1. The van der Waals surface area contributed by atoms with Crippen LogP contribution in [0.5, 0.6) is 0 Å². The first-order valence-corrected chi connectivity index (χ1v) is 4.55. The van der Waals surface area contributed by atoms with E-state index < -0.39 is 0 Å². The SMILES string of the molecule is Cn1cc(CC=CCCCl)cn1. The van der Waals surface area contributed by atoms with Crippen LogP contribution in [0.3, 0.4) is 0 Å². The van der Waals surface area contributed by atoms with Crippen LogP contribution in [0.15, 0.2) is 24.5 Å². The molecule has 1 rings (SSSR count). The highest BCUT2D eigenvalue weighted by Gasteiger charge is 1.90. The summed E-state index contributed by atoms with van der Waals surface area (Å²) in [5, 5.41) is 4.07. The van der Waals surface area contributed by atoms with Gasteiger partial charge in [0.25, 0.3) is 0 Å². The van der Waals surface area contributed by atoms with Crippen molar-refractivity contribution in [1.82, 2.24) is 9.78 Å². The van der Waals surface area contributed by atoms with Gasteiger partial charge in [0.05, 0.1) is 6.20 Å². The molecule has 0 spiro atoms. The van der Waals surface area contributed by atoms with Crippen molar-refractivity contribution in [2.75, 3.05) is 5.88 Å². The first-order valence-electron chi connectivity index (χ1n) is 4.01. The highest BCUT2D eigenvalue weighted by molar-refractivity contribution is 6.17. The Hall–Kier alpha value is -0.760. The molecule has 0 aliphatic carbocycles. The molecule has 0 amide bonds. The van der Waals surface area contributed by atoms with Gasteiger partial charge in [0.2, 0.25) is 0 Å². The number of hydrogen-bond donors (Lipinski definition) is 0. The molecule has 0 saturated heterocycles. The number of hydrogen-bond acceptors (Lipinski definition) is 1. The summed E-state index contributed by atoms with van der Waals surface area (Å²) < 4.78 is 1.81. The number of aromatic nitrogens is 2. The number of nitrogens with zero attached hydrogens (tertiary/aromatic N) is 2. The van der Waals surface area contributed by atoms with Crippen LogP contribution in [0.4, 0.5) is 0 Å². The summed E-state index contributed by atoms with van der Waals surface area (Å²) in [7, 11) is 1.92. The summed E-state index contributed by atoms with van der Waals surface area (Å²) in [6, 6.07) is 0. The monoisotopic (exact) mass is 184 g/mol. The van der Waals surface area contributed by atoms with Gasteiger partial charge in [-0.05, 0) is 18.4 Å². The van der Waals surface area contributed by atoms with Crippen molar-refractivity contribution < 1.29 is 0 Å². The Morgan fingerprint density at radius 2 is 2.42 bits per heavy atom. The number of rotatable bonds is 4. The van der Waals surface area contributed by atoms with E-state index in [1.54, 1.807) is 0 Å². The minimum absolute atomic E-state index is 0.698. The van der Waals surface area contributed by atoms with Crippen molar-refractivity contribution in [3.8, 4) is 0 Å². The molecule has 3 heteroatoms. The second kappa shape index (κ2) is 4.99. The molecular formula is C9H13ClN2. The third-order valence-electron chi connectivity index (χ3n) is 1.55. The van der Waals surface area contributed by atoms with E-state index in [1.165, 1.54) is 5.56 Å². The maximum atomic E-state index is 5.52. The van der Waals surface area contributed by atoms with E-state index >= 15 is 0 Å². The van der Waals surface area contributed by atoms with Crippen molar-refractivity contribution in [2.24, 2.45) is 7.05 Å². The van der Waals surface area contributed by atoms with Gasteiger partial charge in [-0.15, -0.1) is 11.6 Å². The van der Waals surface area contributed by atoms with E-state index in [4.69, 9.17) is 11.6 Å². The van der Waals surface area contributed by atoms with Crippen molar-refractivity contribution >= 4 is 11.6 Å². The Labute approximate surface area is 77.8 Å². The Bertz CT molecular complexity index is 253. The summed E-state index contributed by atoms with van der Waals surface area (Å²) >= 11 is 5.52. The molecule has 0 aromatic carbocycles. The zero-order chi connectivity index (χ0) is 8.81. The van der Waals surface area contributed by atoms with Gasteiger partial charge in [-0.25, -0.2) is 0 Å². The van der Waals surface area contributed by atoms with Crippen molar-refractivity contribution in [2.45, 2.75) is 12.8 Å². The zero-order valence-electron chi connectivity index (χ0n) is 7.20. The van der Waals surface area contributed by atoms with Gasteiger partial charge in [-0.3, -0.25) is 4.68 Å². The predicted molar refractivity (Wildman–Crippen MR) is 51.4 cm³/mol. The average Bonchev–Trinajstić information content (AvgIpc) is 2.45. The van der Waals surface area contributed by atoms with Crippen molar-refractivity contribution in [3.63, 3.8) is 0 Å². The lowest BCUT2D eigenvalue weighted by Crippen LogP contribution is -1.84. The average molecular weight is 185 g/mol. The molecule has 1 aromatic rings. The van der Waals surface area contributed by atoms with Gasteiger partial charge in [0.1, 0.15) is 0 Å². The highest BCUT2D eigenvalue weighted by Crippen LogP contribution is 1.99. The number of halogens is 1. The van der Waals surface area contributed by atoms with Crippen LogP contribution in [0.25, 0.3) is 0 Å². The standard InChI is InChI=1S/C9H13ClN2/c1-12-8-9(7-11-12)5-3-2-4-6-10/h2-3,7-8H,4-6H2,1H3. The maximum Gasteiger partial charge on any atom is 0.0524 e. The summed E-state index contributed by atoms with van der Waals surface area (Å²) in [5.74, 6) is 0.698. The quantitative estimate of drug-likeness (QED) is 0.518. The van der Waals surface area contributed by atoms with Crippen LogP contribution in [-0.2, 0) is 13.5 Å². The van der Waals surface area contributed by atoms with E-state index in [-0.39, 0.29) is 0 Å². The summed E-state index contributed by atoms with van der Waals surface area (Å²) in [4.78, 5) is 0. The first kappa shape index (κ1) is 9.33. The fraction of sp³-hybridized carbons (Fsp3) is 0.444. The fourth-order valence-electron chi connectivity index (χ4n) is 0.978. The Balaban J connectivity index is 2.33. The van der Waals surface area contributed by atoms with Crippen molar-refractivity contribution in [1.29, 1.82) is 0 Å². The highest BCUT2D eigenvalue weighted by atomic mass is 35.5. The number of allylic oxidation sites excluding steroid dienone is 2. The second-order valence-electron chi connectivity index (χ2n) is 2.68. The molecule has 0 aliphatic heterocycles. The molecule has 0 radical (unpaired) electrons. The van der Waals surface area contributed by atoms with Gasteiger partial charge in [-0.2, -0.15) is 5.10 Å². The summed E-state index contributed by atoms with van der Waals surface area (Å²) in [6.45, 7) is 0. The molecule has 0 fully saturated rings. The van der Waals surface area contributed by atoms with E-state index in [0.717, 1.165) is 12.8 Å². The normalized spacial score (nSPS) is 11.2. The molecule has 0 atom stereocenters. The lowest BCUT2D eigenvalue weighted by molar-refractivity contribution is 0.767. The van der Waals surface area contributed by atoms with Crippen LogP contribution in [0.1, 0.15) is 12.0 Å². The van der Waals surface area contributed by atoms with E-state index in [9.17, 15) is 0 Å². The van der Waals surface area contributed by atoms with Gasteiger partial charge >= 0.3 is 0 Å². The minimum Gasteiger partial charge on any atom is -0.276 e. The molecule has 0 N–H and O–H groups in total. The smallest absolute Gasteiger partial charge is 0.0524 e. The molecule has 66 valence electrons. The van der Waals surface area contributed by atoms with Gasteiger partial charge in [0, 0.05) is 19.1 Å². The molecule has 1 heterocycles. The molecule has 0 bridgehead atoms. The van der Waals surface area contributed by atoms with Gasteiger partial charge in [-0.1, -0.05) is 12.2 Å². The van der Waals surface area contributed by atoms with E-state index in [1.807, 2.05) is 24.1 Å². The van der Waals surface area contributed by atoms with Crippen molar-refractivity contribution in [3.05, 3.63) is 30.1 Å². The summed E-state index contributed by atoms with van der Waals surface area (Å²) in [6.07, 6.45) is 10.0. The third kappa shape index (κ3) is 3.09. The molecule has 0 aliphatic rings. The predicted octanol–water partition coefficient (Wildman–Crippen LogP) is 2.15. The lowest BCUT2D eigenvalue weighted by atomic mass is 10.2. The van der Waals surface area contributed by atoms with Crippen LogP contribution in [-0.4, -0.2) is 15.7 Å². The van der Waals surface area contributed by atoms with Crippen LogP contribution in [0.2, 0.25) is 0 Å². The molecule has 0 unspecified atom stereocenters. The molecule has 2 nitrogen and oxygen atoms in total. The van der Waals surface area contributed by atoms with Gasteiger partial charge < -0.3 is 0 Å². The van der Waals surface area contributed by atoms with Crippen LogP contribution >= 0.6 is 11.6 Å². The molecule has 0 saturated carbocycles. The Morgan fingerprint density at radius 3 is 3.00 bits per heavy atom. The zero-order valence-corrected chi connectivity index (χ0v) is 7.96. The number of aryl methyl sites for hydroxylation is 1. The topological polar surface area (TPSA) is 17.8 Å². The Kier molecular flexibility index (Phi) is 3.88. The maximum absolute atomic E-state index is 5.52. The Morgan fingerprint density at radius 1 is 1.58 bits per heavy atom. The fourth-order valence-corrected chi connectivity index (χ4v) is 1.10. The van der Waals surface area contributed by atoms with E-state index in [0.29, 0.717) is 5.88 Å². The second-order valence-corrected chi connectivity index (χ2v) is 3.05.